The molecule has 0 radical (unpaired) electrons. The maximum absolute atomic E-state index is 12.4. The van der Waals surface area contributed by atoms with Gasteiger partial charge in [-0.3, -0.25) is 9.52 Å². The van der Waals surface area contributed by atoms with Crippen molar-refractivity contribution in [2.24, 2.45) is 0 Å². The van der Waals surface area contributed by atoms with Crippen molar-refractivity contribution in [2.75, 3.05) is 4.72 Å². The number of hydrogen-bond donors (Lipinski definition) is 2. The van der Waals surface area contributed by atoms with Crippen molar-refractivity contribution in [1.29, 1.82) is 0 Å². The van der Waals surface area contributed by atoms with Crippen LogP contribution in [0.3, 0.4) is 0 Å². The molecule has 21 heavy (non-hydrogen) atoms. The molecule has 0 saturated heterocycles. The van der Waals surface area contributed by atoms with Crippen LogP contribution in [0.4, 0.5) is 5.69 Å². The van der Waals surface area contributed by atoms with Gasteiger partial charge in [0.1, 0.15) is 5.69 Å². The Kier molecular flexibility index (Phi) is 3.99. The zero-order valence-electron chi connectivity index (χ0n) is 11.5. The summed E-state index contributed by atoms with van der Waals surface area (Å²) in [6, 6.07) is 6.33. The third kappa shape index (κ3) is 3.22. The summed E-state index contributed by atoms with van der Waals surface area (Å²) in [6.45, 7) is 3.02. The van der Waals surface area contributed by atoms with Crippen LogP contribution in [0, 0.1) is 13.8 Å². The second-order valence-electron chi connectivity index (χ2n) is 4.49. The third-order valence-corrected chi connectivity index (χ3v) is 4.45. The first kappa shape index (κ1) is 15.0. The minimum absolute atomic E-state index is 0.0346. The fourth-order valence-corrected chi connectivity index (χ4v) is 3.42. The molecule has 1 aromatic heterocycles. The van der Waals surface area contributed by atoms with E-state index in [4.69, 9.17) is 9.63 Å². The van der Waals surface area contributed by atoms with Crippen molar-refractivity contribution in [3.05, 3.63) is 41.3 Å². The molecule has 2 aromatic rings. The van der Waals surface area contributed by atoms with E-state index in [0.717, 1.165) is 0 Å². The summed E-state index contributed by atoms with van der Waals surface area (Å²) < 4.78 is 32.0. The van der Waals surface area contributed by atoms with E-state index in [9.17, 15) is 13.2 Å². The van der Waals surface area contributed by atoms with Crippen molar-refractivity contribution in [3.63, 3.8) is 0 Å². The molecular weight excluding hydrogens is 296 g/mol. The van der Waals surface area contributed by atoms with Gasteiger partial charge in [-0.2, -0.15) is 0 Å². The summed E-state index contributed by atoms with van der Waals surface area (Å²) in [5.74, 6) is -0.866. The number of benzene rings is 1. The van der Waals surface area contributed by atoms with Crippen LogP contribution in [-0.4, -0.2) is 24.7 Å². The van der Waals surface area contributed by atoms with Crippen LogP contribution in [-0.2, 0) is 21.2 Å². The molecule has 0 saturated carbocycles. The Morgan fingerprint density at radius 3 is 2.57 bits per heavy atom. The quantitative estimate of drug-likeness (QED) is 0.870. The van der Waals surface area contributed by atoms with Gasteiger partial charge in [-0.05, 0) is 25.5 Å². The lowest BCUT2D eigenvalue weighted by Crippen LogP contribution is -2.16. The summed E-state index contributed by atoms with van der Waals surface area (Å²) in [4.78, 5) is 10.8. The Balaban J connectivity index is 2.40. The number of nitrogens with one attached hydrogen (secondary N) is 1. The largest absolute Gasteiger partial charge is 0.481 e. The van der Waals surface area contributed by atoms with Crippen LogP contribution in [0.15, 0.2) is 33.7 Å². The zero-order valence-corrected chi connectivity index (χ0v) is 12.3. The number of nitrogens with zero attached hydrogens (tertiary/aromatic N) is 1. The van der Waals surface area contributed by atoms with Gasteiger partial charge in [0.25, 0.3) is 10.0 Å². The summed E-state index contributed by atoms with van der Waals surface area (Å²) in [7, 11) is -3.89. The number of carbonyl (C=O) groups is 1. The number of aliphatic carboxylic acids is 1. The lowest BCUT2D eigenvalue weighted by Gasteiger charge is -2.11. The van der Waals surface area contributed by atoms with Gasteiger partial charge in [0.05, 0.1) is 12.1 Å². The standard InChI is InChI=1S/C13H14N2O5S/c1-8-13(9(2)20-14-8)21(18,19)15-11-6-4-3-5-10(11)7-12(16)17/h3-6,15H,7H2,1-2H3,(H,16,17). The molecule has 0 unspecified atom stereocenters. The molecule has 0 bridgehead atoms. The van der Waals surface area contributed by atoms with Crippen LogP contribution in [0.5, 0.6) is 0 Å². The molecular formula is C13H14N2O5S. The molecule has 112 valence electrons. The third-order valence-electron chi connectivity index (χ3n) is 2.84. The first-order valence-electron chi connectivity index (χ1n) is 6.06. The molecule has 0 atom stereocenters. The van der Waals surface area contributed by atoms with Crippen molar-refractivity contribution in [2.45, 2.75) is 25.2 Å². The van der Waals surface area contributed by atoms with E-state index in [1.54, 1.807) is 18.2 Å². The molecule has 0 aliphatic rings. The number of aryl methyl sites for hydroxylation is 2. The zero-order chi connectivity index (χ0) is 15.6. The van der Waals surface area contributed by atoms with Crippen LogP contribution in [0.25, 0.3) is 0 Å². The Morgan fingerprint density at radius 2 is 2.00 bits per heavy atom. The van der Waals surface area contributed by atoms with Gasteiger partial charge >= 0.3 is 5.97 Å². The lowest BCUT2D eigenvalue weighted by molar-refractivity contribution is -0.136. The van der Waals surface area contributed by atoms with Crippen LogP contribution in [0.1, 0.15) is 17.0 Å². The van der Waals surface area contributed by atoms with E-state index in [0.29, 0.717) is 5.56 Å². The van der Waals surface area contributed by atoms with E-state index in [1.165, 1.54) is 19.9 Å². The maximum atomic E-state index is 12.4. The minimum atomic E-state index is -3.89. The molecule has 0 spiro atoms. The molecule has 1 aromatic carbocycles. The molecule has 2 rings (SSSR count). The lowest BCUT2D eigenvalue weighted by atomic mass is 10.1. The molecule has 0 aliphatic heterocycles. The van der Waals surface area contributed by atoms with Gasteiger partial charge in [0.2, 0.25) is 0 Å². The molecule has 0 amide bonds. The Bertz CT molecular complexity index is 760. The topological polar surface area (TPSA) is 110 Å². The second kappa shape index (κ2) is 5.57. The van der Waals surface area contributed by atoms with E-state index in [2.05, 4.69) is 9.88 Å². The number of rotatable bonds is 5. The SMILES string of the molecule is Cc1noc(C)c1S(=O)(=O)Nc1ccccc1CC(=O)O. The summed E-state index contributed by atoms with van der Waals surface area (Å²) in [5.41, 5.74) is 0.843. The monoisotopic (exact) mass is 310 g/mol. The van der Waals surface area contributed by atoms with E-state index >= 15 is 0 Å². The van der Waals surface area contributed by atoms with Crippen LogP contribution < -0.4 is 4.72 Å². The summed E-state index contributed by atoms with van der Waals surface area (Å²) >= 11 is 0. The normalized spacial score (nSPS) is 11.3. The maximum Gasteiger partial charge on any atom is 0.307 e. The number of hydrogen-bond acceptors (Lipinski definition) is 5. The summed E-state index contributed by atoms with van der Waals surface area (Å²) in [5, 5.41) is 12.5. The number of aromatic nitrogens is 1. The van der Waals surface area contributed by atoms with E-state index < -0.39 is 16.0 Å². The Labute approximate surface area is 121 Å². The van der Waals surface area contributed by atoms with Gasteiger partial charge < -0.3 is 9.63 Å². The van der Waals surface area contributed by atoms with Crippen molar-refractivity contribution in [3.8, 4) is 0 Å². The number of para-hydroxylation sites is 1. The van der Waals surface area contributed by atoms with Crippen molar-refractivity contribution < 1.29 is 22.8 Å². The Hall–Kier alpha value is -2.35. The van der Waals surface area contributed by atoms with Gasteiger partial charge in [-0.1, -0.05) is 23.4 Å². The molecule has 7 nitrogen and oxygen atoms in total. The fourth-order valence-electron chi connectivity index (χ4n) is 1.99. The average molecular weight is 310 g/mol. The van der Waals surface area contributed by atoms with Crippen molar-refractivity contribution in [1.82, 2.24) is 5.16 Å². The van der Waals surface area contributed by atoms with Crippen LogP contribution in [0.2, 0.25) is 0 Å². The molecule has 0 fully saturated rings. The predicted molar refractivity (Wildman–Crippen MR) is 74.6 cm³/mol. The first-order valence-corrected chi connectivity index (χ1v) is 7.55. The number of sulfonamides is 1. The second-order valence-corrected chi connectivity index (χ2v) is 6.11. The van der Waals surface area contributed by atoms with Gasteiger partial charge in [0.15, 0.2) is 10.7 Å². The smallest absolute Gasteiger partial charge is 0.307 e. The van der Waals surface area contributed by atoms with Gasteiger partial charge in [-0.25, -0.2) is 8.42 Å². The van der Waals surface area contributed by atoms with Gasteiger partial charge in [-0.15, -0.1) is 0 Å². The minimum Gasteiger partial charge on any atom is -0.481 e. The van der Waals surface area contributed by atoms with Crippen molar-refractivity contribution >= 4 is 21.7 Å². The Morgan fingerprint density at radius 1 is 1.33 bits per heavy atom. The van der Waals surface area contributed by atoms with Gasteiger partial charge in [0, 0.05) is 0 Å². The number of carboxylic acid groups (broad SMARTS) is 1. The predicted octanol–water partition coefficient (Wildman–Crippen LogP) is 1.72. The highest BCUT2D eigenvalue weighted by Gasteiger charge is 2.25. The molecule has 8 heteroatoms. The van der Waals surface area contributed by atoms with E-state index in [1.807, 2.05) is 0 Å². The number of carboxylic acids is 1. The first-order chi connectivity index (χ1) is 9.81. The fraction of sp³-hybridized carbons (Fsp3) is 0.231. The van der Waals surface area contributed by atoms with E-state index in [-0.39, 0.29) is 28.5 Å². The average Bonchev–Trinajstić information content (AvgIpc) is 2.71. The highest BCUT2D eigenvalue weighted by Crippen LogP contribution is 2.24. The molecule has 0 aliphatic carbocycles. The summed E-state index contributed by atoms with van der Waals surface area (Å²) in [6.07, 6.45) is -0.277. The molecule has 2 N–H and O–H groups in total. The highest BCUT2D eigenvalue weighted by atomic mass is 32.2. The number of anilines is 1. The molecule has 1 heterocycles. The highest BCUT2D eigenvalue weighted by molar-refractivity contribution is 7.92. The van der Waals surface area contributed by atoms with Crippen LogP contribution >= 0.6 is 0 Å².